The molecule has 0 aromatic heterocycles. The van der Waals surface area contributed by atoms with Crippen molar-refractivity contribution in [1.82, 2.24) is 4.90 Å². The summed E-state index contributed by atoms with van der Waals surface area (Å²) in [5.41, 5.74) is 1.80. The predicted octanol–water partition coefficient (Wildman–Crippen LogP) is 4.86. The Morgan fingerprint density at radius 1 is 1.28 bits per heavy atom. The Morgan fingerprint density at radius 2 is 2.04 bits per heavy atom. The maximum absolute atomic E-state index is 13.2. The number of ether oxygens (including phenoxy) is 1. The third kappa shape index (κ3) is 4.02. The van der Waals surface area contributed by atoms with Crippen LogP contribution in [0.3, 0.4) is 0 Å². The molecule has 2 aromatic rings. The lowest BCUT2D eigenvalue weighted by Crippen LogP contribution is -2.28. The molecule has 1 aliphatic rings. The van der Waals surface area contributed by atoms with E-state index in [9.17, 15) is 9.18 Å². The molecule has 130 valence electrons. The van der Waals surface area contributed by atoms with Gasteiger partial charge in [-0.3, -0.25) is 4.79 Å². The highest BCUT2D eigenvalue weighted by atomic mass is 35.5. The average molecular weight is 360 g/mol. The summed E-state index contributed by atoms with van der Waals surface area (Å²) < 4.78 is 18.4. The lowest BCUT2D eigenvalue weighted by Gasteiger charge is -2.24. The van der Waals surface area contributed by atoms with Gasteiger partial charge in [-0.25, -0.2) is 4.39 Å². The number of amides is 1. The molecule has 2 aromatic carbocycles. The first-order valence-corrected chi connectivity index (χ1v) is 8.54. The number of hydrogen-bond donors (Lipinski definition) is 0. The highest BCUT2D eigenvalue weighted by Crippen LogP contribution is 2.33. The number of hydrogen-bond acceptors (Lipinski definition) is 2. The van der Waals surface area contributed by atoms with Crippen molar-refractivity contribution in [3.63, 3.8) is 0 Å². The molecule has 0 aliphatic carbocycles. The zero-order valence-corrected chi connectivity index (χ0v) is 14.7. The zero-order valence-electron chi connectivity index (χ0n) is 13.9. The summed E-state index contributed by atoms with van der Waals surface area (Å²) in [7, 11) is 1.63. The van der Waals surface area contributed by atoms with E-state index in [1.54, 1.807) is 19.3 Å². The van der Waals surface area contributed by atoms with Crippen LogP contribution < -0.4 is 4.74 Å². The molecule has 0 N–H and O–H groups in total. The van der Waals surface area contributed by atoms with Gasteiger partial charge in [0.05, 0.1) is 18.2 Å². The van der Waals surface area contributed by atoms with E-state index in [4.69, 9.17) is 16.3 Å². The largest absolute Gasteiger partial charge is 0.497 e. The van der Waals surface area contributed by atoms with Gasteiger partial charge in [0, 0.05) is 12.6 Å². The maximum Gasteiger partial charge on any atom is 0.247 e. The maximum atomic E-state index is 13.2. The summed E-state index contributed by atoms with van der Waals surface area (Å²) in [6, 6.07) is 12.3. The lowest BCUT2D eigenvalue weighted by atomic mass is 10.0. The molecule has 0 bridgehead atoms. The molecule has 0 saturated carbocycles. The van der Waals surface area contributed by atoms with Crippen LogP contribution in [-0.4, -0.2) is 24.5 Å². The average Bonchev–Trinajstić information content (AvgIpc) is 3.12. The molecule has 0 spiro atoms. The van der Waals surface area contributed by atoms with E-state index in [0.29, 0.717) is 5.56 Å². The number of rotatable bonds is 4. The van der Waals surface area contributed by atoms with Gasteiger partial charge in [-0.15, -0.1) is 0 Å². The molecular formula is C20H19ClFNO2. The van der Waals surface area contributed by atoms with E-state index < -0.39 is 5.82 Å². The predicted molar refractivity (Wildman–Crippen MR) is 97.1 cm³/mol. The number of carbonyl (C=O) groups excluding carboxylic acids is 1. The minimum Gasteiger partial charge on any atom is -0.497 e. The Hall–Kier alpha value is -2.33. The lowest BCUT2D eigenvalue weighted by molar-refractivity contribution is -0.126. The summed E-state index contributed by atoms with van der Waals surface area (Å²) in [5, 5.41) is 0.0480. The van der Waals surface area contributed by atoms with Crippen molar-refractivity contribution < 1.29 is 13.9 Å². The number of nitrogens with zero attached hydrogens (tertiary/aromatic N) is 1. The van der Waals surface area contributed by atoms with Crippen LogP contribution in [0.4, 0.5) is 4.39 Å². The van der Waals surface area contributed by atoms with Crippen LogP contribution in [0.2, 0.25) is 5.02 Å². The Bertz CT molecular complexity index is 789. The van der Waals surface area contributed by atoms with Gasteiger partial charge in [-0.1, -0.05) is 29.8 Å². The van der Waals surface area contributed by atoms with Crippen molar-refractivity contribution in [2.75, 3.05) is 13.7 Å². The fourth-order valence-corrected chi connectivity index (χ4v) is 3.27. The first kappa shape index (κ1) is 17.5. The molecule has 25 heavy (non-hydrogen) atoms. The highest BCUT2D eigenvalue weighted by Gasteiger charge is 2.28. The van der Waals surface area contributed by atoms with Crippen LogP contribution >= 0.6 is 11.6 Å². The third-order valence-electron chi connectivity index (χ3n) is 4.40. The molecule has 1 aliphatic heterocycles. The normalized spacial score (nSPS) is 17.2. The second-order valence-corrected chi connectivity index (χ2v) is 6.38. The van der Waals surface area contributed by atoms with E-state index in [2.05, 4.69) is 0 Å². The summed E-state index contributed by atoms with van der Waals surface area (Å²) in [6.45, 7) is 0.726. The van der Waals surface area contributed by atoms with E-state index in [0.717, 1.165) is 30.7 Å². The van der Waals surface area contributed by atoms with Gasteiger partial charge in [0.15, 0.2) is 0 Å². The minimum atomic E-state index is -0.468. The minimum absolute atomic E-state index is 0.0480. The molecule has 1 atom stereocenters. The number of carbonyl (C=O) groups is 1. The number of halogens is 2. The van der Waals surface area contributed by atoms with Crippen LogP contribution in [-0.2, 0) is 4.79 Å². The summed E-state index contributed by atoms with van der Waals surface area (Å²) in [6.07, 6.45) is 5.09. The van der Waals surface area contributed by atoms with Crippen molar-refractivity contribution >= 4 is 23.6 Å². The molecule has 0 unspecified atom stereocenters. The van der Waals surface area contributed by atoms with E-state index >= 15 is 0 Å². The van der Waals surface area contributed by atoms with E-state index in [1.807, 2.05) is 29.2 Å². The van der Waals surface area contributed by atoms with Crippen LogP contribution in [0, 0.1) is 5.82 Å². The Morgan fingerprint density at radius 3 is 2.72 bits per heavy atom. The van der Waals surface area contributed by atoms with E-state index in [1.165, 1.54) is 18.2 Å². The molecular weight excluding hydrogens is 341 g/mol. The fourth-order valence-electron chi connectivity index (χ4n) is 3.08. The first-order chi connectivity index (χ1) is 12.1. The van der Waals surface area contributed by atoms with Gasteiger partial charge in [0.2, 0.25) is 5.91 Å². The van der Waals surface area contributed by atoms with Crippen molar-refractivity contribution in [2.24, 2.45) is 0 Å². The smallest absolute Gasteiger partial charge is 0.247 e. The third-order valence-corrected chi connectivity index (χ3v) is 4.69. The SMILES string of the molecule is COc1ccc([C@H]2CCCN2C(=O)/C=C/c2ccc(F)c(Cl)c2)cc1. The van der Waals surface area contributed by atoms with Crippen LogP contribution in [0.5, 0.6) is 5.75 Å². The molecule has 1 heterocycles. The van der Waals surface area contributed by atoms with Crippen LogP contribution in [0.1, 0.15) is 30.0 Å². The quantitative estimate of drug-likeness (QED) is 0.729. The van der Waals surface area contributed by atoms with Crippen molar-refractivity contribution in [3.05, 3.63) is 70.5 Å². The second kappa shape index (κ2) is 7.70. The van der Waals surface area contributed by atoms with Gasteiger partial charge in [0.1, 0.15) is 11.6 Å². The van der Waals surface area contributed by atoms with Crippen LogP contribution in [0.25, 0.3) is 6.08 Å². The molecule has 3 nitrogen and oxygen atoms in total. The summed E-state index contributed by atoms with van der Waals surface area (Å²) in [4.78, 5) is 14.4. The standard InChI is InChI=1S/C20H19ClFNO2/c1-25-16-8-6-15(7-9-16)19-3-2-12-23(19)20(24)11-5-14-4-10-18(22)17(21)13-14/h4-11,13,19H,2-3,12H2,1H3/b11-5+/t19-/m1/s1. The van der Waals surface area contributed by atoms with Gasteiger partial charge in [-0.2, -0.15) is 0 Å². The molecule has 1 amide bonds. The highest BCUT2D eigenvalue weighted by molar-refractivity contribution is 6.30. The van der Waals surface area contributed by atoms with Gasteiger partial charge >= 0.3 is 0 Å². The number of methoxy groups -OCH3 is 1. The molecule has 1 fully saturated rings. The van der Waals surface area contributed by atoms with Crippen LogP contribution in [0.15, 0.2) is 48.5 Å². The second-order valence-electron chi connectivity index (χ2n) is 5.97. The van der Waals surface area contributed by atoms with Crippen molar-refractivity contribution in [3.8, 4) is 5.75 Å². The number of likely N-dealkylation sites (tertiary alicyclic amines) is 1. The Kier molecular flexibility index (Phi) is 5.39. The number of benzene rings is 2. The monoisotopic (exact) mass is 359 g/mol. The molecule has 5 heteroatoms. The summed E-state index contributed by atoms with van der Waals surface area (Å²) >= 11 is 5.77. The first-order valence-electron chi connectivity index (χ1n) is 8.16. The van der Waals surface area contributed by atoms with Gasteiger partial charge in [0.25, 0.3) is 0 Å². The van der Waals surface area contributed by atoms with E-state index in [-0.39, 0.29) is 17.0 Å². The zero-order chi connectivity index (χ0) is 17.8. The van der Waals surface area contributed by atoms with Gasteiger partial charge < -0.3 is 9.64 Å². The van der Waals surface area contributed by atoms with Crippen molar-refractivity contribution in [1.29, 1.82) is 0 Å². The molecule has 3 rings (SSSR count). The summed E-state index contributed by atoms with van der Waals surface area (Å²) in [5.74, 6) is 0.274. The van der Waals surface area contributed by atoms with Crippen molar-refractivity contribution in [2.45, 2.75) is 18.9 Å². The molecule has 0 radical (unpaired) electrons. The topological polar surface area (TPSA) is 29.5 Å². The fraction of sp³-hybridized carbons (Fsp3) is 0.250. The Balaban J connectivity index is 1.73. The Labute approximate surface area is 151 Å². The molecule has 1 saturated heterocycles. The van der Waals surface area contributed by atoms with Gasteiger partial charge in [-0.05, 0) is 54.3 Å².